The summed E-state index contributed by atoms with van der Waals surface area (Å²) in [6.45, 7) is 4.30. The Morgan fingerprint density at radius 1 is 1.03 bits per heavy atom. The summed E-state index contributed by atoms with van der Waals surface area (Å²) in [6.07, 6.45) is 4.12. The van der Waals surface area contributed by atoms with Gasteiger partial charge in [0.1, 0.15) is 11.4 Å². The highest BCUT2D eigenvalue weighted by atomic mass is 16.3. The summed E-state index contributed by atoms with van der Waals surface area (Å²) < 4.78 is 0. The fourth-order valence-corrected chi connectivity index (χ4v) is 4.14. The SMILES string of the molecule is CN1CCC2(CC1)CN(c1ncc(-c3ccc(-c4nnn(C)n4)cc3O)nn1)C2. The molecule has 2 saturated heterocycles. The van der Waals surface area contributed by atoms with Gasteiger partial charge in [0, 0.05) is 29.6 Å². The third-order valence-electron chi connectivity index (χ3n) is 5.97. The lowest BCUT2D eigenvalue weighted by atomic mass is 9.72. The number of tetrazole rings is 1. The van der Waals surface area contributed by atoms with Crippen LogP contribution in [-0.4, -0.2) is 78.6 Å². The first kappa shape index (κ1) is 17.9. The molecule has 1 N–H and O–H groups in total. The highest BCUT2D eigenvalue weighted by molar-refractivity contribution is 5.71. The molecular weight excluding hydrogens is 370 g/mol. The molecule has 2 aromatic heterocycles. The van der Waals surface area contributed by atoms with E-state index in [-0.39, 0.29) is 5.75 Å². The average Bonchev–Trinajstić information content (AvgIpc) is 3.14. The second-order valence-corrected chi connectivity index (χ2v) is 8.14. The Balaban J connectivity index is 1.30. The minimum absolute atomic E-state index is 0.0769. The molecule has 0 aliphatic carbocycles. The van der Waals surface area contributed by atoms with Crippen LogP contribution < -0.4 is 4.90 Å². The smallest absolute Gasteiger partial charge is 0.245 e. The fourth-order valence-electron chi connectivity index (χ4n) is 4.14. The summed E-state index contributed by atoms with van der Waals surface area (Å²) in [7, 11) is 3.88. The molecule has 2 aliphatic heterocycles. The van der Waals surface area contributed by atoms with Crippen molar-refractivity contribution in [3.05, 3.63) is 24.4 Å². The fraction of sp³-hybridized carbons (Fsp3) is 0.474. The van der Waals surface area contributed by atoms with Crippen molar-refractivity contribution in [2.24, 2.45) is 12.5 Å². The van der Waals surface area contributed by atoms with E-state index in [4.69, 9.17) is 0 Å². The minimum atomic E-state index is 0.0769. The van der Waals surface area contributed by atoms with Crippen LogP contribution in [0.25, 0.3) is 22.6 Å². The number of likely N-dealkylation sites (tertiary alicyclic amines) is 1. The number of aromatic hydroxyl groups is 1. The predicted octanol–water partition coefficient (Wildman–Crippen LogP) is 0.967. The van der Waals surface area contributed by atoms with Gasteiger partial charge in [-0.15, -0.1) is 20.4 Å². The van der Waals surface area contributed by atoms with Crippen LogP contribution in [0, 0.1) is 5.41 Å². The summed E-state index contributed by atoms with van der Waals surface area (Å²) in [5, 5.41) is 31.0. The topological polar surface area (TPSA) is 109 Å². The average molecular weight is 393 g/mol. The lowest BCUT2D eigenvalue weighted by Crippen LogP contribution is -2.60. The maximum absolute atomic E-state index is 10.4. The van der Waals surface area contributed by atoms with E-state index in [1.807, 2.05) is 6.07 Å². The van der Waals surface area contributed by atoms with Crippen LogP contribution >= 0.6 is 0 Å². The van der Waals surface area contributed by atoms with Crippen LogP contribution in [0.15, 0.2) is 24.4 Å². The summed E-state index contributed by atoms with van der Waals surface area (Å²) in [5.74, 6) is 1.18. The van der Waals surface area contributed by atoms with E-state index < -0.39 is 0 Å². The highest BCUT2D eigenvalue weighted by Gasteiger charge is 2.45. The van der Waals surface area contributed by atoms with Crippen molar-refractivity contribution in [2.75, 3.05) is 38.1 Å². The third-order valence-corrected chi connectivity index (χ3v) is 5.97. The Hall–Kier alpha value is -3.14. The van der Waals surface area contributed by atoms with Crippen molar-refractivity contribution in [1.82, 2.24) is 40.3 Å². The van der Waals surface area contributed by atoms with E-state index in [9.17, 15) is 5.11 Å². The van der Waals surface area contributed by atoms with Gasteiger partial charge in [0.25, 0.3) is 0 Å². The van der Waals surface area contributed by atoms with Gasteiger partial charge >= 0.3 is 0 Å². The number of hydrogen-bond donors (Lipinski definition) is 1. The molecule has 1 aromatic carbocycles. The number of anilines is 1. The predicted molar refractivity (Wildman–Crippen MR) is 106 cm³/mol. The van der Waals surface area contributed by atoms with E-state index in [0.717, 1.165) is 26.2 Å². The second kappa shape index (κ2) is 6.73. The number of rotatable bonds is 3. The summed E-state index contributed by atoms with van der Waals surface area (Å²) >= 11 is 0. The monoisotopic (exact) mass is 393 g/mol. The summed E-state index contributed by atoms with van der Waals surface area (Å²) in [5.41, 5.74) is 2.19. The molecule has 29 heavy (non-hydrogen) atoms. The molecule has 3 aromatic rings. The van der Waals surface area contributed by atoms with Gasteiger partial charge in [-0.2, -0.15) is 4.80 Å². The number of piperidine rings is 1. The molecule has 0 amide bonds. The molecule has 0 unspecified atom stereocenters. The van der Waals surface area contributed by atoms with Gasteiger partial charge in [-0.3, -0.25) is 0 Å². The molecule has 5 rings (SSSR count). The number of phenols is 1. The lowest BCUT2D eigenvalue weighted by Gasteiger charge is -2.53. The maximum Gasteiger partial charge on any atom is 0.245 e. The molecule has 2 aliphatic rings. The molecular formula is C19H23N9O. The molecule has 4 heterocycles. The standard InChI is InChI=1S/C19H23N9O/c1-26-7-5-19(6-8-26)11-28(12-19)18-20-10-15(21-23-18)14-4-3-13(9-16(14)29)17-22-25-27(2)24-17/h3-4,9-10,29H,5-8,11-12H2,1-2H3. The van der Waals surface area contributed by atoms with Crippen LogP contribution in [0.5, 0.6) is 5.75 Å². The highest BCUT2D eigenvalue weighted by Crippen LogP contribution is 2.41. The molecule has 10 nitrogen and oxygen atoms in total. The van der Waals surface area contributed by atoms with Gasteiger partial charge in [0.15, 0.2) is 0 Å². The first-order chi connectivity index (χ1) is 14.0. The van der Waals surface area contributed by atoms with E-state index >= 15 is 0 Å². The number of phenolic OH excluding ortho intramolecular Hbond substituents is 1. The van der Waals surface area contributed by atoms with Gasteiger partial charge < -0.3 is 14.9 Å². The van der Waals surface area contributed by atoms with Crippen LogP contribution in [0.1, 0.15) is 12.8 Å². The number of hydrogen-bond acceptors (Lipinski definition) is 9. The van der Waals surface area contributed by atoms with Crippen molar-refractivity contribution >= 4 is 5.95 Å². The van der Waals surface area contributed by atoms with Crippen LogP contribution in [0.2, 0.25) is 0 Å². The lowest BCUT2D eigenvalue weighted by molar-refractivity contribution is 0.0893. The Labute approximate surface area is 168 Å². The summed E-state index contributed by atoms with van der Waals surface area (Å²) in [6, 6.07) is 5.19. The molecule has 150 valence electrons. The molecule has 0 saturated carbocycles. The Kier molecular flexibility index (Phi) is 4.16. The van der Waals surface area contributed by atoms with Crippen molar-refractivity contribution in [2.45, 2.75) is 12.8 Å². The van der Waals surface area contributed by atoms with Gasteiger partial charge in [0.05, 0.1) is 13.2 Å². The Bertz CT molecular complexity index is 1020. The first-order valence-electron chi connectivity index (χ1n) is 9.72. The molecule has 0 radical (unpaired) electrons. The molecule has 0 atom stereocenters. The van der Waals surface area contributed by atoms with Crippen molar-refractivity contribution in [3.63, 3.8) is 0 Å². The first-order valence-corrected chi connectivity index (χ1v) is 9.72. The molecule has 2 fully saturated rings. The number of aryl methyl sites for hydroxylation is 1. The Morgan fingerprint density at radius 3 is 2.45 bits per heavy atom. The maximum atomic E-state index is 10.4. The normalized spacial score (nSPS) is 18.8. The number of benzene rings is 1. The number of nitrogens with zero attached hydrogens (tertiary/aromatic N) is 9. The van der Waals surface area contributed by atoms with Gasteiger partial charge in [-0.25, -0.2) is 4.98 Å². The Morgan fingerprint density at radius 2 is 1.83 bits per heavy atom. The van der Waals surface area contributed by atoms with Crippen LogP contribution in [0.3, 0.4) is 0 Å². The van der Waals surface area contributed by atoms with Gasteiger partial charge in [-0.1, -0.05) is 6.07 Å². The van der Waals surface area contributed by atoms with E-state index in [0.29, 0.717) is 34.0 Å². The van der Waals surface area contributed by atoms with Crippen LogP contribution in [-0.2, 0) is 7.05 Å². The molecule has 0 bridgehead atoms. The van der Waals surface area contributed by atoms with Crippen molar-refractivity contribution in [3.8, 4) is 28.4 Å². The largest absolute Gasteiger partial charge is 0.507 e. The van der Waals surface area contributed by atoms with Crippen LogP contribution in [0.4, 0.5) is 5.95 Å². The van der Waals surface area contributed by atoms with Crippen molar-refractivity contribution < 1.29 is 5.11 Å². The van der Waals surface area contributed by atoms with Gasteiger partial charge in [0.2, 0.25) is 11.8 Å². The van der Waals surface area contributed by atoms with E-state index in [2.05, 4.69) is 47.4 Å². The zero-order valence-electron chi connectivity index (χ0n) is 16.5. The zero-order chi connectivity index (χ0) is 20.0. The second-order valence-electron chi connectivity index (χ2n) is 8.14. The quantitative estimate of drug-likeness (QED) is 0.696. The van der Waals surface area contributed by atoms with Gasteiger partial charge in [-0.05, 0) is 50.3 Å². The summed E-state index contributed by atoms with van der Waals surface area (Å²) in [4.78, 5) is 10.4. The zero-order valence-corrected chi connectivity index (χ0v) is 16.5. The third kappa shape index (κ3) is 3.29. The molecule has 1 spiro atoms. The van der Waals surface area contributed by atoms with E-state index in [1.165, 1.54) is 17.6 Å². The minimum Gasteiger partial charge on any atom is -0.507 e. The number of aromatic nitrogens is 7. The van der Waals surface area contributed by atoms with Crippen molar-refractivity contribution in [1.29, 1.82) is 0 Å². The molecule has 10 heteroatoms. The van der Waals surface area contributed by atoms with E-state index in [1.54, 1.807) is 25.4 Å².